The summed E-state index contributed by atoms with van der Waals surface area (Å²) in [5, 5.41) is 13.2. The lowest BCUT2D eigenvalue weighted by Gasteiger charge is -2.36. The zero-order valence-corrected chi connectivity index (χ0v) is 14.7. The Labute approximate surface area is 140 Å². The Morgan fingerprint density at radius 1 is 1.17 bits per heavy atom. The fourth-order valence-corrected chi connectivity index (χ4v) is 3.99. The van der Waals surface area contributed by atoms with Gasteiger partial charge < -0.3 is 10.4 Å². The summed E-state index contributed by atoms with van der Waals surface area (Å²) in [5.41, 5.74) is 0.796. The number of hydrogen-bond donors (Lipinski definition) is 2. The lowest BCUT2D eigenvalue weighted by atomic mass is 9.75. The van der Waals surface area contributed by atoms with Crippen LogP contribution in [0.2, 0.25) is 0 Å². The van der Waals surface area contributed by atoms with Crippen LogP contribution in [0.5, 0.6) is 0 Å². The van der Waals surface area contributed by atoms with Gasteiger partial charge in [0.2, 0.25) is 0 Å². The number of nitrogens with one attached hydrogen (secondary N) is 1. The molecule has 1 aliphatic carbocycles. The van der Waals surface area contributed by atoms with Crippen LogP contribution in [0.25, 0.3) is 0 Å². The Balaban J connectivity index is 2.01. The molecule has 1 aromatic carbocycles. The molecule has 2 N–H and O–H groups in total. The van der Waals surface area contributed by atoms with Crippen molar-refractivity contribution >= 4 is 5.97 Å². The van der Waals surface area contributed by atoms with Crippen LogP contribution in [0.4, 0.5) is 0 Å². The van der Waals surface area contributed by atoms with Crippen LogP contribution < -0.4 is 5.32 Å². The summed E-state index contributed by atoms with van der Waals surface area (Å²) < 4.78 is 0. The smallest absolute Gasteiger partial charge is 0.310 e. The Hall–Kier alpha value is -1.35. The Morgan fingerprint density at radius 2 is 1.83 bits per heavy atom. The number of benzene rings is 1. The van der Waals surface area contributed by atoms with Gasteiger partial charge in [-0.05, 0) is 49.5 Å². The highest BCUT2D eigenvalue weighted by molar-refractivity contribution is 5.74. The molecular formula is C20H31NO2. The first-order chi connectivity index (χ1) is 11.0. The second-order valence-corrected chi connectivity index (χ2v) is 7.29. The van der Waals surface area contributed by atoms with Crippen LogP contribution in [0.15, 0.2) is 30.3 Å². The van der Waals surface area contributed by atoms with Gasteiger partial charge in [0.25, 0.3) is 0 Å². The van der Waals surface area contributed by atoms with E-state index in [0.29, 0.717) is 37.3 Å². The van der Waals surface area contributed by atoms with Crippen molar-refractivity contribution in [2.24, 2.45) is 11.3 Å². The third-order valence-corrected chi connectivity index (χ3v) is 5.75. The highest BCUT2D eigenvalue weighted by Gasteiger charge is 2.36. The van der Waals surface area contributed by atoms with Gasteiger partial charge in [-0.15, -0.1) is 0 Å². The Morgan fingerprint density at radius 3 is 2.39 bits per heavy atom. The second kappa shape index (κ2) is 7.96. The van der Waals surface area contributed by atoms with E-state index < -0.39 is 11.4 Å². The molecule has 3 heteroatoms. The highest BCUT2D eigenvalue weighted by Crippen LogP contribution is 2.36. The van der Waals surface area contributed by atoms with Crippen LogP contribution in [-0.2, 0) is 4.79 Å². The number of carbonyl (C=O) groups is 1. The van der Waals surface area contributed by atoms with Crippen LogP contribution >= 0.6 is 0 Å². The van der Waals surface area contributed by atoms with Gasteiger partial charge in [0.05, 0.1) is 5.41 Å². The summed E-state index contributed by atoms with van der Waals surface area (Å²) in [4.78, 5) is 11.7. The first-order valence-corrected chi connectivity index (χ1v) is 9.02. The zero-order valence-electron chi connectivity index (χ0n) is 14.7. The first kappa shape index (κ1) is 18.0. The molecule has 3 nitrogen and oxygen atoms in total. The van der Waals surface area contributed by atoms with Crippen molar-refractivity contribution < 1.29 is 9.90 Å². The lowest BCUT2D eigenvalue weighted by Crippen LogP contribution is -2.46. The van der Waals surface area contributed by atoms with Crippen LogP contribution in [0.3, 0.4) is 0 Å². The van der Waals surface area contributed by atoms with E-state index in [9.17, 15) is 9.90 Å². The van der Waals surface area contributed by atoms with Crippen LogP contribution in [0, 0.1) is 11.3 Å². The quantitative estimate of drug-likeness (QED) is 0.781. The Bertz CT molecular complexity index is 496. The molecule has 0 bridgehead atoms. The topological polar surface area (TPSA) is 49.3 Å². The molecule has 0 saturated heterocycles. The highest BCUT2D eigenvalue weighted by atomic mass is 16.4. The predicted molar refractivity (Wildman–Crippen MR) is 94.6 cm³/mol. The van der Waals surface area contributed by atoms with Crippen molar-refractivity contribution in [1.82, 2.24) is 5.32 Å². The molecule has 1 saturated carbocycles. The molecular weight excluding hydrogens is 286 g/mol. The summed E-state index contributed by atoms with van der Waals surface area (Å²) in [6.07, 6.45) is 4.84. The summed E-state index contributed by atoms with van der Waals surface area (Å²) in [6.45, 7) is 6.85. The van der Waals surface area contributed by atoms with E-state index in [1.807, 2.05) is 13.8 Å². The maximum atomic E-state index is 11.7. The van der Waals surface area contributed by atoms with Gasteiger partial charge in [0.1, 0.15) is 0 Å². The second-order valence-electron chi connectivity index (χ2n) is 7.29. The largest absolute Gasteiger partial charge is 0.481 e. The summed E-state index contributed by atoms with van der Waals surface area (Å²) in [6, 6.07) is 11.1. The molecule has 0 spiro atoms. The lowest BCUT2D eigenvalue weighted by molar-refractivity contribution is -0.149. The minimum Gasteiger partial charge on any atom is -0.481 e. The van der Waals surface area contributed by atoms with E-state index >= 15 is 0 Å². The zero-order chi connectivity index (χ0) is 16.9. The first-order valence-electron chi connectivity index (χ1n) is 9.02. The third kappa shape index (κ3) is 4.35. The van der Waals surface area contributed by atoms with Gasteiger partial charge in [-0.2, -0.15) is 0 Å². The minimum atomic E-state index is -0.668. The molecule has 128 valence electrons. The van der Waals surface area contributed by atoms with Crippen molar-refractivity contribution in [3.8, 4) is 0 Å². The molecule has 0 aliphatic heterocycles. The molecule has 0 radical (unpaired) electrons. The summed E-state index contributed by atoms with van der Waals surface area (Å²) in [7, 11) is 0. The van der Waals surface area contributed by atoms with Gasteiger partial charge in [-0.3, -0.25) is 4.79 Å². The molecule has 0 aromatic heterocycles. The van der Waals surface area contributed by atoms with Crippen molar-refractivity contribution in [2.75, 3.05) is 6.54 Å². The van der Waals surface area contributed by atoms with Gasteiger partial charge >= 0.3 is 5.97 Å². The number of rotatable bonds is 7. The van der Waals surface area contributed by atoms with Crippen molar-refractivity contribution in [2.45, 2.75) is 64.8 Å². The van der Waals surface area contributed by atoms with Crippen molar-refractivity contribution in [3.63, 3.8) is 0 Å². The number of carboxylic acid groups (broad SMARTS) is 1. The summed E-state index contributed by atoms with van der Waals surface area (Å²) >= 11 is 0. The van der Waals surface area contributed by atoms with Gasteiger partial charge in [-0.1, -0.05) is 51.1 Å². The maximum absolute atomic E-state index is 11.7. The fraction of sp³-hybridized carbons (Fsp3) is 0.650. The normalized spacial score (nSPS) is 25.3. The van der Waals surface area contributed by atoms with Crippen LogP contribution in [-0.4, -0.2) is 23.7 Å². The molecule has 3 atom stereocenters. The van der Waals surface area contributed by atoms with E-state index in [1.54, 1.807) is 0 Å². The average Bonchev–Trinajstić information content (AvgIpc) is 2.56. The summed E-state index contributed by atoms with van der Waals surface area (Å²) in [5.74, 6) is 0.590. The third-order valence-electron chi connectivity index (χ3n) is 5.75. The SMILES string of the molecule is CCC(CC)(CNC1CC(C)CC(c2ccccc2)C1)C(=O)O. The van der Waals surface area contributed by atoms with E-state index in [4.69, 9.17) is 0 Å². The van der Waals surface area contributed by atoms with Gasteiger partial charge in [0, 0.05) is 12.6 Å². The molecule has 1 aromatic rings. The predicted octanol–water partition coefficient (Wildman–Crippen LogP) is 4.44. The maximum Gasteiger partial charge on any atom is 0.310 e. The van der Waals surface area contributed by atoms with E-state index in [0.717, 1.165) is 12.8 Å². The molecule has 1 fully saturated rings. The van der Waals surface area contributed by atoms with Crippen molar-refractivity contribution in [1.29, 1.82) is 0 Å². The minimum absolute atomic E-state index is 0.417. The number of hydrogen-bond acceptors (Lipinski definition) is 2. The molecule has 3 unspecified atom stereocenters. The monoisotopic (exact) mass is 317 g/mol. The fourth-order valence-electron chi connectivity index (χ4n) is 3.99. The molecule has 0 heterocycles. The number of aliphatic carboxylic acids is 1. The Kier molecular flexibility index (Phi) is 6.23. The van der Waals surface area contributed by atoms with E-state index in [2.05, 4.69) is 42.6 Å². The average molecular weight is 317 g/mol. The van der Waals surface area contributed by atoms with E-state index in [1.165, 1.54) is 12.0 Å². The van der Waals surface area contributed by atoms with Crippen molar-refractivity contribution in [3.05, 3.63) is 35.9 Å². The van der Waals surface area contributed by atoms with Gasteiger partial charge in [0.15, 0.2) is 0 Å². The van der Waals surface area contributed by atoms with Crippen LogP contribution in [0.1, 0.15) is 64.4 Å². The molecule has 2 rings (SSSR count). The molecule has 1 aliphatic rings. The standard InChI is InChI=1S/C20H31NO2/c1-4-20(5-2,19(22)23)14-21-18-12-15(3)11-17(13-18)16-9-7-6-8-10-16/h6-10,15,17-18,21H,4-5,11-14H2,1-3H3,(H,22,23). The van der Waals surface area contributed by atoms with Gasteiger partial charge in [-0.25, -0.2) is 0 Å². The number of carboxylic acids is 1. The molecule has 23 heavy (non-hydrogen) atoms. The molecule has 0 amide bonds. The van der Waals surface area contributed by atoms with E-state index in [-0.39, 0.29) is 0 Å².